The second kappa shape index (κ2) is 19.2. The maximum absolute atomic E-state index is 5.89. The molecule has 0 aliphatic rings. The standard InChI is InChI=1S/C31H47NO2/c1-3-5-6-7-8-9-10-11-12-16-26-34-30-22-23-31(32-27-30)29-20-18-28(19-21-29)17-14-13-15-25-33-24-4-2/h3,18-23,27H,1,4-17,24-26H2,2H3. The third-order valence-electron chi connectivity index (χ3n) is 6.16. The molecule has 0 saturated carbocycles. The summed E-state index contributed by atoms with van der Waals surface area (Å²) in [6.07, 6.45) is 21.3. The molecule has 0 aliphatic carbocycles. The normalized spacial score (nSPS) is 11.0. The number of hydrogen-bond acceptors (Lipinski definition) is 3. The summed E-state index contributed by atoms with van der Waals surface area (Å²) in [6.45, 7) is 8.50. The minimum Gasteiger partial charge on any atom is -0.492 e. The van der Waals surface area contributed by atoms with E-state index in [1.807, 2.05) is 18.3 Å². The van der Waals surface area contributed by atoms with E-state index in [2.05, 4.69) is 48.8 Å². The first-order valence-electron chi connectivity index (χ1n) is 13.7. The third kappa shape index (κ3) is 12.9. The Morgan fingerprint density at radius 1 is 0.735 bits per heavy atom. The molecule has 2 aromatic rings. The van der Waals surface area contributed by atoms with Crippen molar-refractivity contribution in [3.05, 3.63) is 60.8 Å². The molecule has 188 valence electrons. The van der Waals surface area contributed by atoms with Crippen molar-refractivity contribution in [1.82, 2.24) is 4.98 Å². The van der Waals surface area contributed by atoms with Gasteiger partial charge in [-0.3, -0.25) is 4.98 Å². The number of pyridine rings is 1. The van der Waals surface area contributed by atoms with Crippen molar-refractivity contribution < 1.29 is 9.47 Å². The Morgan fingerprint density at radius 2 is 1.41 bits per heavy atom. The summed E-state index contributed by atoms with van der Waals surface area (Å²) in [7, 11) is 0. The highest BCUT2D eigenvalue weighted by Gasteiger charge is 2.02. The summed E-state index contributed by atoms with van der Waals surface area (Å²) in [5, 5.41) is 0. The van der Waals surface area contributed by atoms with Crippen molar-refractivity contribution in [3.8, 4) is 17.0 Å². The summed E-state index contributed by atoms with van der Waals surface area (Å²) in [4.78, 5) is 4.61. The number of benzene rings is 1. The van der Waals surface area contributed by atoms with Gasteiger partial charge in [-0.05, 0) is 62.6 Å². The van der Waals surface area contributed by atoms with Crippen LogP contribution in [0.5, 0.6) is 5.75 Å². The highest BCUT2D eigenvalue weighted by molar-refractivity contribution is 5.59. The third-order valence-corrected chi connectivity index (χ3v) is 6.16. The Labute approximate surface area is 209 Å². The van der Waals surface area contributed by atoms with Crippen LogP contribution in [0.2, 0.25) is 0 Å². The van der Waals surface area contributed by atoms with Crippen LogP contribution in [0.3, 0.4) is 0 Å². The smallest absolute Gasteiger partial charge is 0.137 e. The largest absolute Gasteiger partial charge is 0.492 e. The molecule has 0 radical (unpaired) electrons. The van der Waals surface area contributed by atoms with E-state index < -0.39 is 0 Å². The highest BCUT2D eigenvalue weighted by Crippen LogP contribution is 2.21. The van der Waals surface area contributed by atoms with Gasteiger partial charge >= 0.3 is 0 Å². The Kier molecular flexibility index (Phi) is 15.9. The zero-order chi connectivity index (χ0) is 24.1. The minimum absolute atomic E-state index is 0.778. The van der Waals surface area contributed by atoms with Crippen molar-refractivity contribution in [2.45, 2.75) is 96.8 Å². The second-order valence-electron chi connectivity index (χ2n) is 9.25. The molecule has 3 heteroatoms. The first kappa shape index (κ1) is 28.1. The zero-order valence-electron chi connectivity index (χ0n) is 21.6. The van der Waals surface area contributed by atoms with Gasteiger partial charge in [0.25, 0.3) is 0 Å². The quantitative estimate of drug-likeness (QED) is 0.136. The van der Waals surface area contributed by atoms with Crippen molar-refractivity contribution in [1.29, 1.82) is 0 Å². The van der Waals surface area contributed by atoms with Crippen LogP contribution in [-0.4, -0.2) is 24.8 Å². The number of ether oxygens (including phenoxy) is 2. The number of allylic oxidation sites excluding steroid dienone is 1. The predicted molar refractivity (Wildman–Crippen MR) is 146 cm³/mol. The molecule has 3 nitrogen and oxygen atoms in total. The van der Waals surface area contributed by atoms with Gasteiger partial charge in [0.05, 0.1) is 18.5 Å². The topological polar surface area (TPSA) is 31.4 Å². The van der Waals surface area contributed by atoms with E-state index in [0.29, 0.717) is 0 Å². The Bertz CT molecular complexity index is 739. The Hall–Kier alpha value is -2.13. The number of aromatic nitrogens is 1. The van der Waals surface area contributed by atoms with Crippen LogP contribution in [0.25, 0.3) is 11.3 Å². The van der Waals surface area contributed by atoms with Gasteiger partial charge in [0.15, 0.2) is 0 Å². The summed E-state index contributed by atoms with van der Waals surface area (Å²) in [5.74, 6) is 0.866. The van der Waals surface area contributed by atoms with Crippen LogP contribution in [0, 0.1) is 0 Å². The lowest BCUT2D eigenvalue weighted by Crippen LogP contribution is -1.98. The van der Waals surface area contributed by atoms with E-state index in [0.717, 1.165) is 68.9 Å². The molecule has 1 aromatic heterocycles. The van der Waals surface area contributed by atoms with Crippen LogP contribution in [0.1, 0.15) is 96.0 Å². The SMILES string of the molecule is C=CCCCCCCCCCCOc1ccc(-c2ccc(CCCCCOCCC)cc2)nc1. The van der Waals surface area contributed by atoms with E-state index in [1.165, 1.54) is 63.4 Å². The molecule has 0 aliphatic heterocycles. The van der Waals surface area contributed by atoms with E-state index >= 15 is 0 Å². The lowest BCUT2D eigenvalue weighted by Gasteiger charge is -2.08. The first-order valence-corrected chi connectivity index (χ1v) is 13.7. The molecule has 0 bridgehead atoms. The number of aryl methyl sites for hydroxylation is 1. The molecule has 0 N–H and O–H groups in total. The molecule has 34 heavy (non-hydrogen) atoms. The van der Waals surface area contributed by atoms with Gasteiger partial charge in [0, 0.05) is 18.8 Å². The average Bonchev–Trinajstić information content (AvgIpc) is 2.87. The fourth-order valence-electron chi connectivity index (χ4n) is 4.08. The molecule has 0 fully saturated rings. The van der Waals surface area contributed by atoms with Crippen molar-refractivity contribution in [2.24, 2.45) is 0 Å². The highest BCUT2D eigenvalue weighted by atomic mass is 16.5. The number of nitrogens with zero attached hydrogens (tertiary/aromatic N) is 1. The Balaban J connectivity index is 1.56. The summed E-state index contributed by atoms with van der Waals surface area (Å²) in [5.41, 5.74) is 3.55. The van der Waals surface area contributed by atoms with Crippen LogP contribution < -0.4 is 4.74 Å². The van der Waals surface area contributed by atoms with Crippen LogP contribution in [-0.2, 0) is 11.2 Å². The van der Waals surface area contributed by atoms with E-state index in [-0.39, 0.29) is 0 Å². The van der Waals surface area contributed by atoms with Crippen LogP contribution in [0.15, 0.2) is 55.3 Å². The van der Waals surface area contributed by atoms with Gasteiger partial charge in [-0.15, -0.1) is 6.58 Å². The Morgan fingerprint density at radius 3 is 2.09 bits per heavy atom. The van der Waals surface area contributed by atoms with E-state index in [9.17, 15) is 0 Å². The van der Waals surface area contributed by atoms with Gasteiger partial charge in [-0.25, -0.2) is 0 Å². The summed E-state index contributed by atoms with van der Waals surface area (Å²) >= 11 is 0. The molecule has 0 atom stereocenters. The molecule has 2 rings (SSSR count). The summed E-state index contributed by atoms with van der Waals surface area (Å²) in [6, 6.07) is 12.9. The van der Waals surface area contributed by atoms with Crippen molar-refractivity contribution in [2.75, 3.05) is 19.8 Å². The van der Waals surface area contributed by atoms with Gasteiger partial charge < -0.3 is 9.47 Å². The zero-order valence-corrected chi connectivity index (χ0v) is 21.6. The minimum atomic E-state index is 0.778. The number of unbranched alkanes of at least 4 members (excludes halogenated alkanes) is 10. The number of hydrogen-bond donors (Lipinski definition) is 0. The monoisotopic (exact) mass is 465 g/mol. The van der Waals surface area contributed by atoms with Crippen molar-refractivity contribution in [3.63, 3.8) is 0 Å². The van der Waals surface area contributed by atoms with Crippen LogP contribution >= 0.6 is 0 Å². The molecule has 1 aromatic carbocycles. The molecule has 0 saturated heterocycles. The fourth-order valence-corrected chi connectivity index (χ4v) is 4.08. The van der Waals surface area contributed by atoms with Gasteiger partial charge in [0.1, 0.15) is 5.75 Å². The molecule has 0 unspecified atom stereocenters. The second-order valence-corrected chi connectivity index (χ2v) is 9.25. The average molecular weight is 466 g/mol. The van der Waals surface area contributed by atoms with Gasteiger partial charge in [-0.2, -0.15) is 0 Å². The van der Waals surface area contributed by atoms with Gasteiger partial charge in [-0.1, -0.05) is 82.2 Å². The fraction of sp³-hybridized carbons (Fsp3) is 0.581. The van der Waals surface area contributed by atoms with Gasteiger partial charge in [0.2, 0.25) is 0 Å². The van der Waals surface area contributed by atoms with E-state index in [1.54, 1.807) is 0 Å². The van der Waals surface area contributed by atoms with Crippen LogP contribution in [0.4, 0.5) is 0 Å². The maximum Gasteiger partial charge on any atom is 0.137 e. The molecule has 1 heterocycles. The molecular weight excluding hydrogens is 418 g/mol. The lowest BCUT2D eigenvalue weighted by molar-refractivity contribution is 0.130. The summed E-state index contributed by atoms with van der Waals surface area (Å²) < 4.78 is 11.4. The first-order chi connectivity index (χ1) is 16.8. The lowest BCUT2D eigenvalue weighted by atomic mass is 10.0. The molecule has 0 spiro atoms. The molecule has 0 amide bonds. The number of rotatable bonds is 21. The predicted octanol–water partition coefficient (Wildman–Crippen LogP) is 8.96. The van der Waals surface area contributed by atoms with Crippen molar-refractivity contribution >= 4 is 0 Å². The van der Waals surface area contributed by atoms with E-state index in [4.69, 9.17) is 9.47 Å². The molecular formula is C31H47NO2. The maximum atomic E-state index is 5.89.